The number of nitrogens with zero attached hydrogens (tertiary/aromatic N) is 4. The lowest BCUT2D eigenvalue weighted by Gasteiger charge is -2.28. The van der Waals surface area contributed by atoms with Crippen LogP contribution in [0.25, 0.3) is 0 Å². The topological polar surface area (TPSA) is 61.4 Å². The van der Waals surface area contributed by atoms with Gasteiger partial charge in [-0.2, -0.15) is 0 Å². The summed E-state index contributed by atoms with van der Waals surface area (Å²) < 4.78 is 0. The third-order valence-electron chi connectivity index (χ3n) is 4.96. The Labute approximate surface area is 164 Å². The molecule has 1 amide bonds. The van der Waals surface area contributed by atoms with Crippen molar-refractivity contribution in [3.05, 3.63) is 77.6 Å². The molecule has 28 heavy (non-hydrogen) atoms. The van der Waals surface area contributed by atoms with E-state index in [1.54, 1.807) is 12.4 Å². The summed E-state index contributed by atoms with van der Waals surface area (Å²) in [6, 6.07) is 16.3. The average molecular weight is 373 g/mol. The summed E-state index contributed by atoms with van der Waals surface area (Å²) in [5.74, 6) is 0.439. The maximum atomic E-state index is 12.8. The highest BCUT2D eigenvalue weighted by Crippen LogP contribution is 2.21. The van der Waals surface area contributed by atoms with E-state index in [0.717, 1.165) is 17.8 Å². The van der Waals surface area contributed by atoms with Crippen LogP contribution in [0.15, 0.2) is 60.9 Å². The number of amides is 1. The lowest BCUT2D eigenvalue weighted by atomic mass is 9.99. The molecule has 0 bridgehead atoms. The van der Waals surface area contributed by atoms with Gasteiger partial charge in [0, 0.05) is 51.0 Å². The second-order valence-corrected chi connectivity index (χ2v) is 7.11. The van der Waals surface area contributed by atoms with Gasteiger partial charge in [0.15, 0.2) is 0 Å². The Morgan fingerprint density at radius 3 is 2.36 bits per heavy atom. The second kappa shape index (κ2) is 7.68. The molecule has 1 N–H and O–H groups in total. The summed E-state index contributed by atoms with van der Waals surface area (Å²) in [6.07, 6.45) is 4.06. The van der Waals surface area contributed by atoms with Gasteiger partial charge in [-0.25, -0.2) is 9.97 Å². The van der Waals surface area contributed by atoms with Gasteiger partial charge < -0.3 is 15.1 Å². The summed E-state index contributed by atoms with van der Waals surface area (Å²) in [4.78, 5) is 25.3. The monoisotopic (exact) mass is 373 g/mol. The minimum Gasteiger partial charge on any atom is -0.378 e. The summed E-state index contributed by atoms with van der Waals surface area (Å²) >= 11 is 0. The number of benzene rings is 2. The molecule has 3 aromatic rings. The summed E-state index contributed by atoms with van der Waals surface area (Å²) in [5.41, 5.74) is 5.06. The number of hydrogen-bond donors (Lipinski definition) is 1. The van der Waals surface area contributed by atoms with Crippen molar-refractivity contribution in [1.29, 1.82) is 0 Å². The molecule has 0 spiro atoms. The Kier molecular flexibility index (Phi) is 4.93. The zero-order chi connectivity index (χ0) is 19.5. The Hall–Kier alpha value is -3.41. The van der Waals surface area contributed by atoms with E-state index in [4.69, 9.17) is 0 Å². The zero-order valence-electron chi connectivity index (χ0n) is 16.1. The fourth-order valence-corrected chi connectivity index (χ4v) is 3.33. The van der Waals surface area contributed by atoms with E-state index in [1.165, 1.54) is 11.1 Å². The van der Waals surface area contributed by atoms with Crippen molar-refractivity contribution in [2.75, 3.05) is 30.9 Å². The third-order valence-corrected chi connectivity index (χ3v) is 4.96. The largest absolute Gasteiger partial charge is 0.378 e. The van der Waals surface area contributed by atoms with Gasteiger partial charge in [-0.15, -0.1) is 0 Å². The van der Waals surface area contributed by atoms with Gasteiger partial charge in [0.25, 0.3) is 5.91 Å². The molecule has 6 nitrogen and oxygen atoms in total. The summed E-state index contributed by atoms with van der Waals surface area (Å²) in [5, 5.41) is 3.16. The molecule has 2 aromatic carbocycles. The molecule has 1 aromatic heterocycles. The number of hydrogen-bond acceptors (Lipinski definition) is 5. The van der Waals surface area contributed by atoms with Crippen LogP contribution in [-0.2, 0) is 13.0 Å². The van der Waals surface area contributed by atoms with Crippen molar-refractivity contribution in [2.45, 2.75) is 13.0 Å². The van der Waals surface area contributed by atoms with Gasteiger partial charge in [-0.3, -0.25) is 4.79 Å². The SMILES string of the molecule is CN(C)c1ccc(Nc2ncc(C(=O)N3CCc4ccccc4C3)cn2)cc1. The molecule has 0 atom stereocenters. The molecule has 0 saturated carbocycles. The van der Waals surface area contributed by atoms with Gasteiger partial charge in [-0.1, -0.05) is 24.3 Å². The van der Waals surface area contributed by atoms with E-state index in [2.05, 4.69) is 27.4 Å². The lowest BCUT2D eigenvalue weighted by molar-refractivity contribution is 0.0734. The van der Waals surface area contributed by atoms with Crippen molar-refractivity contribution < 1.29 is 4.79 Å². The molecular weight excluding hydrogens is 350 g/mol. The Balaban J connectivity index is 1.42. The number of fused-ring (bicyclic) bond motifs is 1. The molecule has 0 saturated heterocycles. The van der Waals surface area contributed by atoms with Gasteiger partial charge >= 0.3 is 0 Å². The van der Waals surface area contributed by atoms with E-state index < -0.39 is 0 Å². The van der Waals surface area contributed by atoms with Crippen LogP contribution in [0.5, 0.6) is 0 Å². The predicted molar refractivity (Wildman–Crippen MR) is 111 cm³/mol. The first-order valence-corrected chi connectivity index (χ1v) is 9.33. The average Bonchev–Trinajstić information content (AvgIpc) is 2.74. The van der Waals surface area contributed by atoms with E-state index in [0.29, 0.717) is 24.6 Å². The molecular formula is C22H23N5O. The van der Waals surface area contributed by atoms with Gasteiger partial charge in [-0.05, 0) is 41.8 Å². The Morgan fingerprint density at radius 1 is 1.00 bits per heavy atom. The fraction of sp³-hybridized carbons (Fsp3) is 0.227. The van der Waals surface area contributed by atoms with Gasteiger partial charge in [0.2, 0.25) is 5.95 Å². The maximum absolute atomic E-state index is 12.8. The third kappa shape index (κ3) is 3.81. The molecule has 2 heterocycles. The Morgan fingerprint density at radius 2 is 1.68 bits per heavy atom. The second-order valence-electron chi connectivity index (χ2n) is 7.11. The summed E-state index contributed by atoms with van der Waals surface area (Å²) in [6.45, 7) is 1.35. The highest BCUT2D eigenvalue weighted by Gasteiger charge is 2.22. The number of anilines is 3. The van der Waals surface area contributed by atoms with Crippen molar-refractivity contribution >= 4 is 23.2 Å². The molecule has 0 unspecified atom stereocenters. The highest BCUT2D eigenvalue weighted by atomic mass is 16.2. The normalized spacial score (nSPS) is 13.0. The van der Waals surface area contributed by atoms with E-state index in [-0.39, 0.29) is 5.91 Å². The van der Waals surface area contributed by atoms with Crippen molar-refractivity contribution in [1.82, 2.24) is 14.9 Å². The number of rotatable bonds is 4. The molecule has 6 heteroatoms. The number of carbonyl (C=O) groups excluding carboxylic acids is 1. The first-order chi connectivity index (χ1) is 13.6. The molecule has 0 aliphatic carbocycles. The fourth-order valence-electron chi connectivity index (χ4n) is 3.33. The predicted octanol–water partition coefficient (Wildman–Crippen LogP) is 3.48. The number of carbonyl (C=O) groups is 1. The molecule has 0 radical (unpaired) electrons. The van der Waals surface area contributed by atoms with E-state index in [9.17, 15) is 4.79 Å². The molecule has 142 valence electrons. The minimum absolute atomic E-state index is 0.0311. The van der Waals surface area contributed by atoms with E-state index >= 15 is 0 Å². The Bertz CT molecular complexity index is 967. The number of nitrogens with one attached hydrogen (secondary N) is 1. The molecule has 1 aliphatic rings. The molecule has 4 rings (SSSR count). The first kappa shape index (κ1) is 18.0. The van der Waals surface area contributed by atoms with Crippen LogP contribution in [0.1, 0.15) is 21.5 Å². The van der Waals surface area contributed by atoms with E-state index in [1.807, 2.05) is 60.3 Å². The summed E-state index contributed by atoms with van der Waals surface area (Å²) in [7, 11) is 4.00. The van der Waals surface area contributed by atoms with Crippen LogP contribution < -0.4 is 10.2 Å². The van der Waals surface area contributed by atoms with Gasteiger partial charge in [0.1, 0.15) is 0 Å². The van der Waals surface area contributed by atoms with Crippen LogP contribution in [-0.4, -0.2) is 41.4 Å². The molecule has 1 aliphatic heterocycles. The quantitative estimate of drug-likeness (QED) is 0.759. The standard InChI is InChI=1S/C22H23N5O/c1-26(2)20-9-7-19(8-10-20)25-22-23-13-18(14-24-22)21(28)27-12-11-16-5-3-4-6-17(16)15-27/h3-10,13-14H,11-12,15H2,1-2H3,(H,23,24,25). The van der Waals surface area contributed by atoms with Crippen LogP contribution in [0.2, 0.25) is 0 Å². The first-order valence-electron chi connectivity index (χ1n) is 9.33. The highest BCUT2D eigenvalue weighted by molar-refractivity contribution is 5.93. The van der Waals surface area contributed by atoms with Crippen LogP contribution >= 0.6 is 0 Å². The lowest BCUT2D eigenvalue weighted by Crippen LogP contribution is -2.36. The minimum atomic E-state index is -0.0311. The smallest absolute Gasteiger partial charge is 0.257 e. The van der Waals surface area contributed by atoms with Gasteiger partial charge in [0.05, 0.1) is 5.56 Å². The van der Waals surface area contributed by atoms with Crippen LogP contribution in [0, 0.1) is 0 Å². The van der Waals surface area contributed by atoms with Crippen LogP contribution in [0.3, 0.4) is 0 Å². The van der Waals surface area contributed by atoms with Crippen molar-refractivity contribution in [3.63, 3.8) is 0 Å². The number of aromatic nitrogens is 2. The maximum Gasteiger partial charge on any atom is 0.257 e. The van der Waals surface area contributed by atoms with Crippen LogP contribution in [0.4, 0.5) is 17.3 Å². The zero-order valence-corrected chi connectivity index (χ0v) is 16.1. The van der Waals surface area contributed by atoms with Crippen molar-refractivity contribution in [2.24, 2.45) is 0 Å². The van der Waals surface area contributed by atoms with Crippen molar-refractivity contribution in [3.8, 4) is 0 Å². The molecule has 0 fully saturated rings.